The van der Waals surface area contributed by atoms with E-state index in [1.54, 1.807) is 0 Å². The van der Waals surface area contributed by atoms with Gasteiger partial charge in [0.1, 0.15) is 12.6 Å². The zero-order chi connectivity index (χ0) is 17.8. The zero-order valence-corrected chi connectivity index (χ0v) is 13.9. The SMILES string of the molecule is NC(CCCC(=O)OCC1c2ccccc2-c2ccccc21)C(=O)O. The molecule has 0 aromatic heterocycles. The van der Waals surface area contributed by atoms with Crippen LogP contribution in [0.5, 0.6) is 0 Å². The monoisotopic (exact) mass is 339 g/mol. The van der Waals surface area contributed by atoms with Gasteiger partial charge in [-0.1, -0.05) is 48.5 Å². The van der Waals surface area contributed by atoms with Crippen LogP contribution in [0.2, 0.25) is 0 Å². The van der Waals surface area contributed by atoms with Crippen molar-refractivity contribution in [3.05, 3.63) is 59.7 Å². The fourth-order valence-corrected chi connectivity index (χ4v) is 3.28. The molecule has 0 aliphatic heterocycles. The highest BCUT2D eigenvalue weighted by Gasteiger charge is 2.28. The summed E-state index contributed by atoms with van der Waals surface area (Å²) in [5.41, 5.74) is 10.1. The third kappa shape index (κ3) is 3.72. The van der Waals surface area contributed by atoms with Gasteiger partial charge < -0.3 is 15.6 Å². The predicted octanol–water partition coefficient (Wildman–Crippen LogP) is 2.92. The molecular weight excluding hydrogens is 318 g/mol. The maximum absolute atomic E-state index is 12.0. The summed E-state index contributed by atoms with van der Waals surface area (Å²) in [5, 5.41) is 8.74. The molecule has 0 saturated carbocycles. The van der Waals surface area contributed by atoms with E-state index < -0.39 is 12.0 Å². The summed E-state index contributed by atoms with van der Waals surface area (Å²) in [6.07, 6.45) is 0.848. The molecule has 0 radical (unpaired) electrons. The maximum atomic E-state index is 12.0. The minimum Gasteiger partial charge on any atom is -0.480 e. The third-order valence-electron chi connectivity index (χ3n) is 4.59. The quantitative estimate of drug-likeness (QED) is 0.757. The minimum atomic E-state index is -1.05. The Balaban J connectivity index is 1.60. The van der Waals surface area contributed by atoms with Crippen LogP contribution >= 0.6 is 0 Å². The highest BCUT2D eigenvalue weighted by atomic mass is 16.5. The summed E-state index contributed by atoms with van der Waals surface area (Å²) in [5.74, 6) is -1.33. The summed E-state index contributed by atoms with van der Waals surface area (Å²) in [6, 6.07) is 15.4. The van der Waals surface area contributed by atoms with Crippen LogP contribution in [-0.4, -0.2) is 29.7 Å². The molecule has 3 N–H and O–H groups in total. The van der Waals surface area contributed by atoms with Gasteiger partial charge in [0, 0.05) is 12.3 Å². The first kappa shape index (κ1) is 17.2. The number of hydrogen-bond acceptors (Lipinski definition) is 4. The van der Waals surface area contributed by atoms with E-state index in [0.717, 1.165) is 0 Å². The summed E-state index contributed by atoms with van der Waals surface area (Å²) in [7, 11) is 0. The molecule has 1 aliphatic carbocycles. The van der Waals surface area contributed by atoms with Gasteiger partial charge in [-0.3, -0.25) is 9.59 Å². The lowest BCUT2D eigenvalue weighted by molar-refractivity contribution is -0.144. The van der Waals surface area contributed by atoms with Gasteiger partial charge in [-0.15, -0.1) is 0 Å². The topological polar surface area (TPSA) is 89.6 Å². The first-order chi connectivity index (χ1) is 12.1. The molecule has 3 rings (SSSR count). The Labute approximate surface area is 146 Å². The number of ether oxygens (including phenoxy) is 1. The minimum absolute atomic E-state index is 0.0395. The number of fused-ring (bicyclic) bond motifs is 3. The van der Waals surface area contributed by atoms with Crippen molar-refractivity contribution < 1.29 is 19.4 Å². The molecule has 5 heteroatoms. The molecule has 0 amide bonds. The second kappa shape index (κ2) is 7.49. The Bertz CT molecular complexity index is 741. The third-order valence-corrected chi connectivity index (χ3v) is 4.59. The number of carbonyl (C=O) groups is 2. The average Bonchev–Trinajstić information content (AvgIpc) is 2.94. The second-order valence-electron chi connectivity index (χ2n) is 6.25. The molecule has 1 atom stereocenters. The molecular formula is C20H21NO4. The van der Waals surface area contributed by atoms with Crippen molar-refractivity contribution in [1.82, 2.24) is 0 Å². The van der Waals surface area contributed by atoms with E-state index in [1.807, 2.05) is 24.3 Å². The van der Waals surface area contributed by atoms with Gasteiger partial charge in [-0.25, -0.2) is 0 Å². The van der Waals surface area contributed by atoms with Crippen molar-refractivity contribution in [1.29, 1.82) is 0 Å². The van der Waals surface area contributed by atoms with Crippen LogP contribution in [0.25, 0.3) is 11.1 Å². The lowest BCUT2D eigenvalue weighted by Gasteiger charge is -2.14. The Hall–Kier alpha value is -2.66. The van der Waals surface area contributed by atoms with E-state index >= 15 is 0 Å². The molecule has 0 spiro atoms. The number of carboxylic acids is 1. The number of carboxylic acid groups (broad SMARTS) is 1. The first-order valence-electron chi connectivity index (χ1n) is 8.40. The molecule has 5 nitrogen and oxygen atoms in total. The maximum Gasteiger partial charge on any atom is 0.320 e. The van der Waals surface area contributed by atoms with Gasteiger partial charge in [-0.05, 0) is 35.1 Å². The van der Waals surface area contributed by atoms with Crippen molar-refractivity contribution in [3.63, 3.8) is 0 Å². The van der Waals surface area contributed by atoms with Gasteiger partial charge in [0.05, 0.1) is 0 Å². The predicted molar refractivity (Wildman–Crippen MR) is 94.1 cm³/mol. The van der Waals surface area contributed by atoms with Gasteiger partial charge in [0.15, 0.2) is 0 Å². The fourth-order valence-electron chi connectivity index (χ4n) is 3.28. The summed E-state index contributed by atoms with van der Waals surface area (Å²) < 4.78 is 5.45. The summed E-state index contributed by atoms with van der Waals surface area (Å²) in [6.45, 7) is 0.290. The molecule has 0 saturated heterocycles. The van der Waals surface area contributed by atoms with Crippen molar-refractivity contribution in [2.24, 2.45) is 5.73 Å². The number of carbonyl (C=O) groups excluding carboxylic acids is 1. The Morgan fingerprint density at radius 1 is 1.04 bits per heavy atom. The lowest BCUT2D eigenvalue weighted by Crippen LogP contribution is -2.30. The molecule has 0 bridgehead atoms. The van der Waals surface area contributed by atoms with E-state index in [1.165, 1.54) is 22.3 Å². The molecule has 25 heavy (non-hydrogen) atoms. The second-order valence-corrected chi connectivity index (χ2v) is 6.25. The first-order valence-corrected chi connectivity index (χ1v) is 8.40. The van der Waals surface area contributed by atoms with Gasteiger partial charge in [0.2, 0.25) is 0 Å². The number of aliphatic carboxylic acids is 1. The number of esters is 1. The molecule has 2 aromatic carbocycles. The Morgan fingerprint density at radius 2 is 1.60 bits per heavy atom. The Morgan fingerprint density at radius 3 is 2.16 bits per heavy atom. The number of benzene rings is 2. The fraction of sp³-hybridized carbons (Fsp3) is 0.300. The van der Waals surface area contributed by atoms with Crippen LogP contribution in [0, 0.1) is 0 Å². The van der Waals surface area contributed by atoms with Crippen LogP contribution in [0.3, 0.4) is 0 Å². The Kier molecular flexibility index (Phi) is 5.14. The number of nitrogens with two attached hydrogens (primary N) is 1. The van der Waals surface area contributed by atoms with Crippen LogP contribution < -0.4 is 5.73 Å². The molecule has 1 unspecified atom stereocenters. The largest absolute Gasteiger partial charge is 0.480 e. The van der Waals surface area contributed by atoms with E-state index in [9.17, 15) is 9.59 Å². The molecule has 0 heterocycles. The van der Waals surface area contributed by atoms with Crippen LogP contribution in [-0.2, 0) is 14.3 Å². The van der Waals surface area contributed by atoms with Gasteiger partial charge in [0.25, 0.3) is 0 Å². The van der Waals surface area contributed by atoms with Crippen LogP contribution in [0.4, 0.5) is 0 Å². The highest BCUT2D eigenvalue weighted by molar-refractivity contribution is 5.79. The van der Waals surface area contributed by atoms with E-state index in [0.29, 0.717) is 6.42 Å². The van der Waals surface area contributed by atoms with Crippen LogP contribution in [0.1, 0.15) is 36.3 Å². The number of hydrogen-bond donors (Lipinski definition) is 2. The van der Waals surface area contributed by atoms with Gasteiger partial charge in [-0.2, -0.15) is 0 Å². The van der Waals surface area contributed by atoms with Crippen LogP contribution in [0.15, 0.2) is 48.5 Å². The smallest absolute Gasteiger partial charge is 0.320 e. The lowest BCUT2D eigenvalue weighted by atomic mass is 9.98. The van der Waals surface area contributed by atoms with Crippen molar-refractivity contribution in [3.8, 4) is 11.1 Å². The van der Waals surface area contributed by atoms with E-state index in [2.05, 4.69) is 24.3 Å². The summed E-state index contributed by atoms with van der Waals surface area (Å²) >= 11 is 0. The average molecular weight is 339 g/mol. The number of rotatable bonds is 7. The van der Waals surface area contributed by atoms with Gasteiger partial charge >= 0.3 is 11.9 Å². The molecule has 130 valence electrons. The van der Waals surface area contributed by atoms with Crippen molar-refractivity contribution in [2.75, 3.05) is 6.61 Å². The molecule has 1 aliphatic rings. The standard InChI is InChI=1S/C20H21NO4/c21-18(20(23)24)10-5-11-19(22)25-12-17-15-8-3-1-6-13(15)14-7-2-4-9-16(14)17/h1-4,6-9,17-18H,5,10-12,21H2,(H,23,24). The van der Waals surface area contributed by atoms with E-state index in [-0.39, 0.29) is 31.3 Å². The van der Waals surface area contributed by atoms with Crippen molar-refractivity contribution in [2.45, 2.75) is 31.2 Å². The zero-order valence-electron chi connectivity index (χ0n) is 13.9. The molecule has 0 fully saturated rings. The van der Waals surface area contributed by atoms with E-state index in [4.69, 9.17) is 15.6 Å². The van der Waals surface area contributed by atoms with Crippen molar-refractivity contribution >= 4 is 11.9 Å². The highest BCUT2D eigenvalue weighted by Crippen LogP contribution is 2.44. The summed E-state index contributed by atoms with van der Waals surface area (Å²) in [4.78, 5) is 22.6. The normalized spacial score (nSPS) is 13.8. The molecule has 2 aromatic rings.